The molecule has 120 valence electrons. The summed E-state index contributed by atoms with van der Waals surface area (Å²) in [4.78, 5) is 33.4. The van der Waals surface area contributed by atoms with Crippen molar-refractivity contribution in [1.29, 1.82) is 0 Å². The smallest absolute Gasteiger partial charge is 0.309 e. The molecule has 7 heteroatoms. The van der Waals surface area contributed by atoms with Gasteiger partial charge in [0.15, 0.2) is 0 Å². The van der Waals surface area contributed by atoms with Gasteiger partial charge in [0.25, 0.3) is 5.69 Å². The number of carboxylic acids is 1. The molecular formula is C15H20N2O5. The van der Waals surface area contributed by atoms with E-state index in [1.165, 1.54) is 26.0 Å². The second-order valence-electron chi connectivity index (χ2n) is 5.75. The third kappa shape index (κ3) is 4.54. The molecule has 0 radical (unpaired) electrons. The molecule has 0 spiro atoms. The summed E-state index contributed by atoms with van der Waals surface area (Å²) in [6.45, 7) is 4.79. The van der Waals surface area contributed by atoms with Crippen LogP contribution in [-0.4, -0.2) is 21.9 Å². The number of nitrogens with zero attached hydrogens (tertiary/aromatic N) is 1. The van der Waals surface area contributed by atoms with Gasteiger partial charge in [-0.05, 0) is 25.8 Å². The Morgan fingerprint density at radius 1 is 1.41 bits per heavy atom. The van der Waals surface area contributed by atoms with E-state index in [2.05, 4.69) is 5.32 Å². The standard InChI is InChI=1S/C15H20N2O5/c1-4-12(10-6-5-7-11(8-10)17(21)22)16-13(18)9-15(2,3)14(19)20/h5-8,12H,4,9H2,1-3H3,(H,16,18)(H,19,20). The van der Waals surface area contributed by atoms with Gasteiger partial charge in [-0.25, -0.2) is 0 Å². The number of rotatable bonds is 7. The number of hydrogen-bond donors (Lipinski definition) is 2. The molecule has 0 bridgehead atoms. The molecule has 0 fully saturated rings. The van der Waals surface area contributed by atoms with Crippen molar-refractivity contribution in [2.24, 2.45) is 5.41 Å². The van der Waals surface area contributed by atoms with Crippen LogP contribution in [0.15, 0.2) is 24.3 Å². The van der Waals surface area contributed by atoms with Gasteiger partial charge < -0.3 is 10.4 Å². The quantitative estimate of drug-likeness (QED) is 0.594. The van der Waals surface area contributed by atoms with E-state index < -0.39 is 28.3 Å². The molecule has 1 rings (SSSR count). The molecule has 0 saturated heterocycles. The summed E-state index contributed by atoms with van der Waals surface area (Å²) in [7, 11) is 0. The summed E-state index contributed by atoms with van der Waals surface area (Å²) in [6.07, 6.45) is 0.383. The van der Waals surface area contributed by atoms with Crippen molar-refractivity contribution in [3.05, 3.63) is 39.9 Å². The highest BCUT2D eigenvalue weighted by molar-refractivity contribution is 5.84. The van der Waals surface area contributed by atoms with Crippen molar-refractivity contribution in [1.82, 2.24) is 5.32 Å². The number of carbonyl (C=O) groups is 2. The van der Waals surface area contributed by atoms with Crippen LogP contribution in [0.25, 0.3) is 0 Å². The van der Waals surface area contributed by atoms with E-state index in [4.69, 9.17) is 5.11 Å². The highest BCUT2D eigenvalue weighted by Gasteiger charge is 2.30. The number of non-ortho nitro benzene ring substituents is 1. The second kappa shape index (κ2) is 7.02. The molecule has 1 amide bonds. The van der Waals surface area contributed by atoms with Gasteiger partial charge in [0, 0.05) is 18.6 Å². The number of carboxylic acid groups (broad SMARTS) is 1. The topological polar surface area (TPSA) is 110 Å². The number of carbonyl (C=O) groups excluding carboxylic acids is 1. The summed E-state index contributed by atoms with van der Waals surface area (Å²) < 4.78 is 0. The molecule has 2 N–H and O–H groups in total. The van der Waals surface area contributed by atoms with Crippen LogP contribution in [-0.2, 0) is 9.59 Å². The molecule has 1 aromatic carbocycles. The fraction of sp³-hybridized carbons (Fsp3) is 0.467. The van der Waals surface area contributed by atoms with Crippen molar-refractivity contribution in [2.45, 2.75) is 39.7 Å². The molecule has 0 aliphatic carbocycles. The second-order valence-corrected chi connectivity index (χ2v) is 5.75. The van der Waals surface area contributed by atoms with Crippen molar-refractivity contribution >= 4 is 17.6 Å². The first-order valence-electron chi connectivity index (χ1n) is 6.94. The van der Waals surface area contributed by atoms with E-state index in [1.807, 2.05) is 6.92 Å². The van der Waals surface area contributed by atoms with E-state index in [9.17, 15) is 19.7 Å². The fourth-order valence-corrected chi connectivity index (χ4v) is 2.00. The molecule has 7 nitrogen and oxygen atoms in total. The van der Waals surface area contributed by atoms with Crippen LogP contribution < -0.4 is 5.32 Å². The largest absolute Gasteiger partial charge is 0.481 e. The zero-order valence-electron chi connectivity index (χ0n) is 12.8. The summed E-state index contributed by atoms with van der Waals surface area (Å²) in [5, 5.41) is 22.6. The normalized spacial score (nSPS) is 12.5. The maximum Gasteiger partial charge on any atom is 0.309 e. The monoisotopic (exact) mass is 308 g/mol. The lowest BCUT2D eigenvalue weighted by molar-refractivity contribution is -0.384. The maximum absolute atomic E-state index is 12.0. The summed E-state index contributed by atoms with van der Waals surface area (Å²) >= 11 is 0. The minimum atomic E-state index is -1.16. The lowest BCUT2D eigenvalue weighted by atomic mass is 9.89. The van der Waals surface area contributed by atoms with Crippen molar-refractivity contribution in [3.63, 3.8) is 0 Å². The number of nitro benzene ring substituents is 1. The Labute approximate surface area is 128 Å². The lowest BCUT2D eigenvalue weighted by Gasteiger charge is -2.22. The number of aliphatic carboxylic acids is 1. The zero-order valence-corrected chi connectivity index (χ0v) is 12.8. The van der Waals surface area contributed by atoms with E-state index in [-0.39, 0.29) is 12.1 Å². The summed E-state index contributed by atoms with van der Waals surface area (Å²) in [6, 6.07) is 5.66. The molecule has 0 heterocycles. The molecule has 0 aliphatic rings. The third-order valence-corrected chi connectivity index (χ3v) is 3.41. The van der Waals surface area contributed by atoms with Crippen LogP contribution in [0.3, 0.4) is 0 Å². The Bertz CT molecular complexity index is 583. The zero-order chi connectivity index (χ0) is 16.9. The van der Waals surface area contributed by atoms with Crippen LogP contribution in [0.1, 0.15) is 45.2 Å². The Morgan fingerprint density at radius 3 is 2.55 bits per heavy atom. The Morgan fingerprint density at radius 2 is 2.05 bits per heavy atom. The third-order valence-electron chi connectivity index (χ3n) is 3.41. The first-order valence-corrected chi connectivity index (χ1v) is 6.94. The van der Waals surface area contributed by atoms with Gasteiger partial charge in [0.1, 0.15) is 0 Å². The number of nitrogens with one attached hydrogen (secondary N) is 1. The summed E-state index contributed by atoms with van der Waals surface area (Å²) in [5.41, 5.74) is -0.584. The molecule has 1 unspecified atom stereocenters. The molecule has 1 aromatic rings. The van der Waals surface area contributed by atoms with Gasteiger partial charge in [-0.2, -0.15) is 0 Å². The minimum absolute atomic E-state index is 0.0453. The lowest BCUT2D eigenvalue weighted by Crippen LogP contribution is -2.35. The first-order chi connectivity index (χ1) is 10.2. The molecule has 0 aromatic heterocycles. The maximum atomic E-state index is 12.0. The fourth-order valence-electron chi connectivity index (χ4n) is 2.00. The van der Waals surface area contributed by atoms with E-state index in [0.29, 0.717) is 12.0 Å². The SMILES string of the molecule is CCC(NC(=O)CC(C)(C)C(=O)O)c1cccc([N+](=O)[O-])c1. The molecule has 22 heavy (non-hydrogen) atoms. The number of nitro groups is 1. The average molecular weight is 308 g/mol. The first kappa shape index (κ1) is 17.6. The molecule has 0 aliphatic heterocycles. The Balaban J connectivity index is 2.85. The van der Waals surface area contributed by atoms with Crippen LogP contribution in [0.5, 0.6) is 0 Å². The van der Waals surface area contributed by atoms with Gasteiger partial charge in [-0.3, -0.25) is 19.7 Å². The van der Waals surface area contributed by atoms with Crippen LogP contribution in [0.2, 0.25) is 0 Å². The van der Waals surface area contributed by atoms with E-state index >= 15 is 0 Å². The van der Waals surface area contributed by atoms with Crippen LogP contribution in [0, 0.1) is 15.5 Å². The van der Waals surface area contributed by atoms with Gasteiger partial charge in [-0.1, -0.05) is 19.1 Å². The van der Waals surface area contributed by atoms with Gasteiger partial charge in [0.05, 0.1) is 16.4 Å². The molecular weight excluding hydrogens is 288 g/mol. The predicted octanol–water partition coefficient (Wildman–Crippen LogP) is 2.66. The number of amides is 1. The van der Waals surface area contributed by atoms with Gasteiger partial charge in [0.2, 0.25) is 5.91 Å². The van der Waals surface area contributed by atoms with Gasteiger partial charge in [-0.15, -0.1) is 0 Å². The van der Waals surface area contributed by atoms with Crippen molar-refractivity contribution in [2.75, 3.05) is 0 Å². The number of hydrogen-bond acceptors (Lipinski definition) is 4. The molecule has 1 atom stereocenters. The van der Waals surface area contributed by atoms with Gasteiger partial charge >= 0.3 is 5.97 Å². The minimum Gasteiger partial charge on any atom is -0.481 e. The number of benzene rings is 1. The van der Waals surface area contributed by atoms with E-state index in [0.717, 1.165) is 0 Å². The van der Waals surface area contributed by atoms with Crippen LogP contribution in [0.4, 0.5) is 5.69 Å². The average Bonchev–Trinajstić information content (AvgIpc) is 2.44. The Hall–Kier alpha value is -2.44. The predicted molar refractivity (Wildman–Crippen MR) is 80.3 cm³/mol. The Kier molecular flexibility index (Phi) is 5.62. The van der Waals surface area contributed by atoms with Crippen molar-refractivity contribution < 1.29 is 19.6 Å². The molecule has 0 saturated carbocycles. The summed E-state index contributed by atoms with van der Waals surface area (Å²) in [5.74, 6) is -1.45. The highest BCUT2D eigenvalue weighted by atomic mass is 16.6. The van der Waals surface area contributed by atoms with E-state index in [1.54, 1.807) is 12.1 Å². The van der Waals surface area contributed by atoms with Crippen molar-refractivity contribution in [3.8, 4) is 0 Å². The van der Waals surface area contributed by atoms with Crippen LogP contribution >= 0.6 is 0 Å². The highest BCUT2D eigenvalue weighted by Crippen LogP contribution is 2.24.